The Balaban J connectivity index is 2.36. The Morgan fingerprint density at radius 3 is 2.26 bits per heavy atom. The number of nitro benzene ring substituents is 1. The lowest BCUT2D eigenvalue weighted by molar-refractivity contribution is -0.384. The molecule has 1 aliphatic carbocycles. The summed E-state index contributed by atoms with van der Waals surface area (Å²) >= 11 is 1.76. The molecule has 19 heavy (non-hydrogen) atoms. The summed E-state index contributed by atoms with van der Waals surface area (Å²) in [7, 11) is 0. The maximum atomic E-state index is 13.6. The van der Waals surface area contributed by atoms with E-state index in [1.165, 1.54) is 12.1 Å². The molecule has 0 radical (unpaired) electrons. The minimum atomic E-state index is -0.480. The largest absolute Gasteiger partial charge is 0.376 e. The summed E-state index contributed by atoms with van der Waals surface area (Å²) in [6.45, 7) is 8.39. The number of nitrogens with one attached hydrogen (secondary N) is 1. The topological polar surface area (TPSA) is 55.2 Å². The van der Waals surface area contributed by atoms with Gasteiger partial charge in [-0.05, 0) is 33.4 Å². The molecule has 0 saturated heterocycles. The Hall–Kier alpha value is -0.920. The molecule has 6 heteroatoms. The molecule has 0 bridgehead atoms. The lowest BCUT2D eigenvalue weighted by Crippen LogP contribution is -2.12. The van der Waals surface area contributed by atoms with Gasteiger partial charge in [0.2, 0.25) is 0 Å². The summed E-state index contributed by atoms with van der Waals surface area (Å²) in [5, 5.41) is 14.2. The second-order valence-electron chi connectivity index (χ2n) is 6.06. The minimum Gasteiger partial charge on any atom is -0.376 e. The van der Waals surface area contributed by atoms with Gasteiger partial charge in [0.05, 0.1) is 8.49 Å². The summed E-state index contributed by atoms with van der Waals surface area (Å²) < 4.78 is 13.9. The summed E-state index contributed by atoms with van der Waals surface area (Å²) in [5.41, 5.74) is 0.233. The van der Waals surface area contributed by atoms with E-state index in [0.717, 1.165) is 0 Å². The zero-order chi connectivity index (χ0) is 14.6. The smallest absolute Gasteiger partial charge is 0.293 e. The quantitative estimate of drug-likeness (QED) is 0.488. The van der Waals surface area contributed by atoms with E-state index in [1.54, 1.807) is 22.6 Å². The first kappa shape index (κ1) is 14.5. The van der Waals surface area contributed by atoms with Gasteiger partial charge < -0.3 is 5.32 Å². The van der Waals surface area contributed by atoms with Crippen molar-refractivity contribution >= 4 is 34.0 Å². The van der Waals surface area contributed by atoms with Gasteiger partial charge in [-0.25, -0.2) is 4.39 Å². The number of hydrogen-bond donors (Lipinski definition) is 1. The van der Waals surface area contributed by atoms with Gasteiger partial charge in [0.15, 0.2) is 0 Å². The SMILES string of the molecule is CC1(C)C(Nc2cc(F)c(I)cc2[N+](=O)[O-])C1(C)C. The maximum absolute atomic E-state index is 13.6. The number of nitrogens with zero attached hydrogens (tertiary/aromatic N) is 1. The highest BCUT2D eigenvalue weighted by atomic mass is 127. The molecule has 0 aliphatic heterocycles. The van der Waals surface area contributed by atoms with Crippen LogP contribution >= 0.6 is 22.6 Å². The molecule has 1 saturated carbocycles. The van der Waals surface area contributed by atoms with E-state index in [1.807, 2.05) is 0 Å². The highest BCUT2D eigenvalue weighted by Gasteiger charge is 2.65. The van der Waals surface area contributed by atoms with Gasteiger partial charge in [0.25, 0.3) is 5.69 Å². The average Bonchev–Trinajstić information content (AvgIpc) is 2.65. The zero-order valence-electron chi connectivity index (χ0n) is 11.3. The fourth-order valence-corrected chi connectivity index (χ4v) is 2.97. The normalized spacial score (nSPS) is 20.1. The molecule has 1 N–H and O–H groups in total. The van der Waals surface area contributed by atoms with Crippen LogP contribution in [0.3, 0.4) is 0 Å². The first-order valence-corrected chi connectivity index (χ1v) is 7.07. The van der Waals surface area contributed by atoms with E-state index < -0.39 is 10.7 Å². The van der Waals surface area contributed by atoms with Gasteiger partial charge in [-0.15, -0.1) is 0 Å². The fourth-order valence-electron chi connectivity index (χ4n) is 2.52. The van der Waals surface area contributed by atoms with Gasteiger partial charge in [-0.2, -0.15) is 0 Å². The third-order valence-corrected chi connectivity index (χ3v) is 5.38. The average molecular weight is 378 g/mol. The Morgan fingerprint density at radius 2 is 1.84 bits per heavy atom. The van der Waals surface area contributed by atoms with E-state index >= 15 is 0 Å². The second-order valence-corrected chi connectivity index (χ2v) is 7.22. The Morgan fingerprint density at radius 1 is 1.32 bits per heavy atom. The molecule has 0 atom stereocenters. The zero-order valence-corrected chi connectivity index (χ0v) is 13.4. The van der Waals surface area contributed by atoms with E-state index in [-0.39, 0.29) is 31.8 Å². The third kappa shape index (κ3) is 2.19. The molecule has 4 nitrogen and oxygen atoms in total. The van der Waals surface area contributed by atoms with Crippen molar-refractivity contribution in [3.05, 3.63) is 31.6 Å². The van der Waals surface area contributed by atoms with Gasteiger partial charge in [0, 0.05) is 18.2 Å². The molecule has 0 unspecified atom stereocenters. The molecule has 1 aromatic carbocycles. The van der Waals surface area contributed by atoms with Crippen LogP contribution < -0.4 is 5.32 Å². The first-order valence-electron chi connectivity index (χ1n) is 5.99. The Bertz CT molecular complexity index is 544. The van der Waals surface area contributed by atoms with Crippen LogP contribution in [0.5, 0.6) is 0 Å². The van der Waals surface area contributed by atoms with E-state index in [9.17, 15) is 14.5 Å². The highest BCUT2D eigenvalue weighted by Crippen LogP contribution is 2.64. The minimum absolute atomic E-state index is 0.0281. The first-order chi connectivity index (χ1) is 8.59. The van der Waals surface area contributed by atoms with Crippen LogP contribution in [0.2, 0.25) is 0 Å². The van der Waals surface area contributed by atoms with Crippen molar-refractivity contribution in [2.24, 2.45) is 10.8 Å². The van der Waals surface area contributed by atoms with Crippen molar-refractivity contribution in [2.75, 3.05) is 5.32 Å². The van der Waals surface area contributed by atoms with Crippen LogP contribution in [0.25, 0.3) is 0 Å². The number of hydrogen-bond acceptors (Lipinski definition) is 3. The van der Waals surface area contributed by atoms with Crippen LogP contribution in [-0.4, -0.2) is 11.0 Å². The molecule has 0 spiro atoms. The van der Waals surface area contributed by atoms with Crippen molar-refractivity contribution in [3.8, 4) is 0 Å². The molecule has 0 amide bonds. The number of nitro groups is 1. The molecule has 0 aromatic heterocycles. The molecule has 1 aromatic rings. The molecular formula is C13H16FIN2O2. The second kappa shape index (κ2) is 4.29. The summed E-state index contributed by atoms with van der Waals surface area (Å²) in [4.78, 5) is 10.6. The molecule has 104 valence electrons. The number of anilines is 1. The predicted octanol–water partition coefficient (Wildman–Crippen LogP) is 4.19. The number of rotatable bonds is 3. The summed E-state index contributed by atoms with van der Waals surface area (Å²) in [5.74, 6) is -0.440. The van der Waals surface area contributed by atoms with Crippen LogP contribution in [0.1, 0.15) is 27.7 Å². The van der Waals surface area contributed by atoms with Crippen molar-refractivity contribution < 1.29 is 9.31 Å². The number of benzene rings is 1. The predicted molar refractivity (Wildman–Crippen MR) is 80.7 cm³/mol. The summed E-state index contributed by atoms with van der Waals surface area (Å²) in [6.07, 6.45) is 0. The monoisotopic (exact) mass is 378 g/mol. The molecule has 2 rings (SSSR count). The standard InChI is InChI=1S/C13H16FIN2O2/c1-12(2)11(13(12,3)4)16-9-5-7(14)8(15)6-10(9)17(18)19/h5-6,11,16H,1-4H3. The van der Waals surface area contributed by atoms with Gasteiger partial charge >= 0.3 is 0 Å². The van der Waals surface area contributed by atoms with Crippen molar-refractivity contribution in [1.29, 1.82) is 0 Å². The molecular weight excluding hydrogens is 362 g/mol. The van der Waals surface area contributed by atoms with Gasteiger partial charge in [-0.1, -0.05) is 27.7 Å². The van der Waals surface area contributed by atoms with E-state index in [0.29, 0.717) is 0 Å². The van der Waals surface area contributed by atoms with Crippen LogP contribution in [0, 0.1) is 30.3 Å². The summed E-state index contributed by atoms with van der Waals surface area (Å²) in [6, 6.07) is 2.57. The van der Waals surface area contributed by atoms with Crippen LogP contribution in [0.4, 0.5) is 15.8 Å². The lowest BCUT2D eigenvalue weighted by atomic mass is 10.0. The van der Waals surface area contributed by atoms with Crippen molar-refractivity contribution in [2.45, 2.75) is 33.7 Å². The Kier molecular flexibility index (Phi) is 3.27. The van der Waals surface area contributed by atoms with E-state index in [2.05, 4.69) is 33.0 Å². The van der Waals surface area contributed by atoms with Crippen molar-refractivity contribution in [1.82, 2.24) is 0 Å². The van der Waals surface area contributed by atoms with Crippen LogP contribution in [0.15, 0.2) is 12.1 Å². The maximum Gasteiger partial charge on any atom is 0.293 e. The number of halogens is 2. The fraction of sp³-hybridized carbons (Fsp3) is 0.538. The van der Waals surface area contributed by atoms with E-state index in [4.69, 9.17) is 0 Å². The van der Waals surface area contributed by atoms with Crippen molar-refractivity contribution in [3.63, 3.8) is 0 Å². The third-order valence-electron chi connectivity index (χ3n) is 4.56. The molecule has 0 heterocycles. The van der Waals surface area contributed by atoms with Crippen LogP contribution in [-0.2, 0) is 0 Å². The van der Waals surface area contributed by atoms with Gasteiger partial charge in [0.1, 0.15) is 11.5 Å². The van der Waals surface area contributed by atoms with Gasteiger partial charge in [-0.3, -0.25) is 10.1 Å². The lowest BCUT2D eigenvalue weighted by Gasteiger charge is -2.09. The molecule has 1 aliphatic rings. The highest BCUT2D eigenvalue weighted by molar-refractivity contribution is 14.1. The molecule has 1 fully saturated rings. The Labute approximate surface area is 125 Å².